The SMILES string of the molecule is CC1CC1C(=O)N1CCOC(CS(=O)(=O)NCc2ccco2)C1. The third kappa shape index (κ3) is 4.33. The van der Waals surface area contributed by atoms with Crippen molar-refractivity contribution in [1.29, 1.82) is 0 Å². The smallest absolute Gasteiger partial charge is 0.226 e. The van der Waals surface area contributed by atoms with E-state index < -0.39 is 16.1 Å². The van der Waals surface area contributed by atoms with Gasteiger partial charge in [-0.05, 0) is 24.5 Å². The molecule has 1 saturated carbocycles. The lowest BCUT2D eigenvalue weighted by Gasteiger charge is -2.33. The van der Waals surface area contributed by atoms with Gasteiger partial charge in [0.25, 0.3) is 0 Å². The monoisotopic (exact) mass is 342 g/mol. The quantitative estimate of drug-likeness (QED) is 0.817. The van der Waals surface area contributed by atoms with Crippen LogP contribution in [0.15, 0.2) is 22.8 Å². The Morgan fingerprint density at radius 2 is 2.26 bits per heavy atom. The van der Waals surface area contributed by atoms with E-state index >= 15 is 0 Å². The molecular weight excluding hydrogens is 320 g/mol. The zero-order valence-electron chi connectivity index (χ0n) is 13.1. The normalized spacial score (nSPS) is 27.9. The predicted octanol–water partition coefficient (Wildman–Crippen LogP) is 0.582. The number of amides is 1. The van der Waals surface area contributed by atoms with E-state index in [0.717, 1.165) is 6.42 Å². The minimum absolute atomic E-state index is 0.113. The van der Waals surface area contributed by atoms with Gasteiger partial charge in [0.1, 0.15) is 5.76 Å². The molecule has 0 aromatic carbocycles. The first-order valence-corrected chi connectivity index (χ1v) is 9.50. The standard InChI is InChI=1S/C15H22N2O5S/c1-11-7-14(11)15(18)17-4-6-22-13(9-17)10-23(19,20)16-8-12-3-2-5-21-12/h2-3,5,11,13-14,16H,4,6-10H2,1H3. The van der Waals surface area contributed by atoms with Crippen molar-refractivity contribution in [3.05, 3.63) is 24.2 Å². The maximum Gasteiger partial charge on any atom is 0.226 e. The number of morpholine rings is 1. The molecule has 2 fully saturated rings. The Balaban J connectivity index is 1.51. The summed E-state index contributed by atoms with van der Waals surface area (Å²) in [6, 6.07) is 3.41. The number of ether oxygens (including phenoxy) is 1. The molecule has 2 aliphatic rings. The zero-order valence-corrected chi connectivity index (χ0v) is 13.9. The summed E-state index contributed by atoms with van der Waals surface area (Å²) in [5.74, 6) is 1.09. The zero-order chi connectivity index (χ0) is 16.4. The van der Waals surface area contributed by atoms with Crippen LogP contribution in [0.3, 0.4) is 0 Å². The van der Waals surface area contributed by atoms with Crippen LogP contribution in [0.2, 0.25) is 0 Å². The Morgan fingerprint density at radius 3 is 2.91 bits per heavy atom. The largest absolute Gasteiger partial charge is 0.468 e. The number of hydrogen-bond acceptors (Lipinski definition) is 5. The maximum atomic E-state index is 12.3. The van der Waals surface area contributed by atoms with E-state index in [0.29, 0.717) is 31.4 Å². The molecule has 2 heterocycles. The van der Waals surface area contributed by atoms with Crippen LogP contribution in [0.25, 0.3) is 0 Å². The van der Waals surface area contributed by atoms with Crippen LogP contribution in [0.4, 0.5) is 0 Å². The van der Waals surface area contributed by atoms with Gasteiger partial charge in [-0.1, -0.05) is 6.92 Å². The number of furan rings is 1. The van der Waals surface area contributed by atoms with Crippen molar-refractivity contribution in [3.63, 3.8) is 0 Å². The van der Waals surface area contributed by atoms with Gasteiger partial charge in [-0.2, -0.15) is 0 Å². The van der Waals surface area contributed by atoms with E-state index in [2.05, 4.69) is 11.6 Å². The van der Waals surface area contributed by atoms with E-state index in [1.54, 1.807) is 17.0 Å². The first-order valence-electron chi connectivity index (χ1n) is 7.85. The second-order valence-corrected chi connectivity index (χ2v) is 8.13. The number of sulfonamides is 1. The van der Waals surface area contributed by atoms with E-state index in [1.807, 2.05) is 0 Å². The van der Waals surface area contributed by atoms with Gasteiger partial charge in [-0.15, -0.1) is 0 Å². The van der Waals surface area contributed by atoms with E-state index in [-0.39, 0.29) is 24.1 Å². The Bertz CT molecular complexity index is 643. The maximum absolute atomic E-state index is 12.3. The van der Waals surface area contributed by atoms with Crippen LogP contribution in [0, 0.1) is 11.8 Å². The van der Waals surface area contributed by atoms with Gasteiger partial charge in [-0.25, -0.2) is 13.1 Å². The predicted molar refractivity (Wildman–Crippen MR) is 82.9 cm³/mol. The number of rotatable bonds is 6. The molecule has 1 saturated heterocycles. The molecule has 1 N–H and O–H groups in total. The first-order chi connectivity index (χ1) is 10.9. The molecule has 1 aliphatic heterocycles. The molecule has 3 atom stereocenters. The Hall–Kier alpha value is -1.38. The highest BCUT2D eigenvalue weighted by Crippen LogP contribution is 2.39. The molecule has 1 aromatic heterocycles. The average molecular weight is 342 g/mol. The number of carbonyl (C=O) groups is 1. The summed E-state index contributed by atoms with van der Waals surface area (Å²) in [7, 11) is -3.49. The summed E-state index contributed by atoms with van der Waals surface area (Å²) in [6.45, 7) is 3.43. The minimum atomic E-state index is -3.49. The Morgan fingerprint density at radius 1 is 1.48 bits per heavy atom. The van der Waals surface area contributed by atoms with Crippen molar-refractivity contribution in [2.75, 3.05) is 25.4 Å². The molecule has 0 spiro atoms. The lowest BCUT2D eigenvalue weighted by atomic mass is 10.2. The van der Waals surface area contributed by atoms with Gasteiger partial charge in [0.15, 0.2) is 0 Å². The second kappa shape index (κ2) is 6.62. The molecule has 0 radical (unpaired) electrons. The summed E-state index contributed by atoms with van der Waals surface area (Å²) >= 11 is 0. The molecule has 3 rings (SSSR count). The second-order valence-electron chi connectivity index (χ2n) is 6.28. The van der Waals surface area contributed by atoms with Crippen molar-refractivity contribution >= 4 is 15.9 Å². The van der Waals surface area contributed by atoms with Gasteiger partial charge in [0.05, 0.1) is 31.3 Å². The van der Waals surface area contributed by atoms with Crippen molar-refractivity contribution in [2.24, 2.45) is 11.8 Å². The fourth-order valence-electron chi connectivity index (χ4n) is 2.82. The van der Waals surface area contributed by atoms with E-state index in [9.17, 15) is 13.2 Å². The van der Waals surface area contributed by atoms with Gasteiger partial charge in [0.2, 0.25) is 15.9 Å². The van der Waals surface area contributed by atoms with Gasteiger partial charge in [-0.3, -0.25) is 4.79 Å². The third-order valence-electron chi connectivity index (χ3n) is 4.33. The highest BCUT2D eigenvalue weighted by atomic mass is 32.2. The lowest BCUT2D eigenvalue weighted by Crippen LogP contribution is -2.49. The summed E-state index contributed by atoms with van der Waals surface area (Å²) in [6.07, 6.45) is 1.94. The van der Waals surface area contributed by atoms with Crippen LogP contribution in [-0.4, -0.2) is 50.8 Å². The van der Waals surface area contributed by atoms with Crippen LogP contribution in [0.5, 0.6) is 0 Å². The lowest BCUT2D eigenvalue weighted by molar-refractivity contribution is -0.139. The summed E-state index contributed by atoms with van der Waals surface area (Å²) in [5.41, 5.74) is 0. The molecular formula is C15H22N2O5S. The van der Waals surface area contributed by atoms with E-state index in [4.69, 9.17) is 9.15 Å². The van der Waals surface area contributed by atoms with E-state index in [1.165, 1.54) is 6.26 Å². The fraction of sp³-hybridized carbons (Fsp3) is 0.667. The first kappa shape index (κ1) is 16.5. The number of carbonyl (C=O) groups excluding carboxylic acids is 1. The molecule has 128 valence electrons. The molecule has 23 heavy (non-hydrogen) atoms. The summed E-state index contributed by atoms with van der Waals surface area (Å²) in [4.78, 5) is 14.0. The summed E-state index contributed by atoms with van der Waals surface area (Å²) in [5, 5.41) is 0. The number of nitrogens with one attached hydrogen (secondary N) is 1. The van der Waals surface area contributed by atoms with Crippen molar-refractivity contribution in [2.45, 2.75) is 26.0 Å². The van der Waals surface area contributed by atoms with Crippen LogP contribution < -0.4 is 4.72 Å². The highest BCUT2D eigenvalue weighted by molar-refractivity contribution is 7.89. The van der Waals surface area contributed by atoms with Crippen molar-refractivity contribution in [3.8, 4) is 0 Å². The Kier molecular flexibility index (Phi) is 4.74. The number of hydrogen-bond donors (Lipinski definition) is 1. The minimum Gasteiger partial charge on any atom is -0.468 e. The fourth-order valence-corrected chi connectivity index (χ4v) is 3.99. The molecule has 7 nitrogen and oxygen atoms in total. The molecule has 1 aromatic rings. The third-order valence-corrected chi connectivity index (χ3v) is 5.72. The van der Waals surface area contributed by atoms with Gasteiger partial charge in [0, 0.05) is 19.0 Å². The van der Waals surface area contributed by atoms with Gasteiger partial charge >= 0.3 is 0 Å². The molecule has 1 aliphatic carbocycles. The molecule has 8 heteroatoms. The summed E-state index contributed by atoms with van der Waals surface area (Å²) < 4.78 is 37.4. The van der Waals surface area contributed by atoms with Crippen LogP contribution in [-0.2, 0) is 26.1 Å². The van der Waals surface area contributed by atoms with Crippen LogP contribution >= 0.6 is 0 Å². The molecule has 0 bridgehead atoms. The number of nitrogens with zero attached hydrogens (tertiary/aromatic N) is 1. The molecule has 3 unspecified atom stereocenters. The van der Waals surface area contributed by atoms with Gasteiger partial charge < -0.3 is 14.1 Å². The average Bonchev–Trinajstić information content (AvgIpc) is 3.01. The van der Waals surface area contributed by atoms with Crippen molar-refractivity contribution in [1.82, 2.24) is 9.62 Å². The topological polar surface area (TPSA) is 88.8 Å². The highest BCUT2D eigenvalue weighted by Gasteiger charge is 2.42. The Labute approximate surface area is 136 Å². The van der Waals surface area contributed by atoms with Crippen LogP contribution in [0.1, 0.15) is 19.1 Å². The van der Waals surface area contributed by atoms with Crippen molar-refractivity contribution < 1.29 is 22.4 Å². The molecule has 1 amide bonds.